The van der Waals surface area contributed by atoms with Gasteiger partial charge in [-0.15, -0.1) is 0 Å². The first-order valence-electron chi connectivity index (χ1n) is 6.79. The molecule has 3 unspecified atom stereocenters. The summed E-state index contributed by atoms with van der Waals surface area (Å²) in [5.41, 5.74) is 2.05. The second kappa shape index (κ2) is 4.81. The predicted molar refractivity (Wildman–Crippen MR) is 72.0 cm³/mol. The van der Waals surface area contributed by atoms with Gasteiger partial charge in [-0.1, -0.05) is 56.5 Å². The largest absolute Gasteiger partial charge is 0.389 e. The Kier molecular flexibility index (Phi) is 3.58. The summed E-state index contributed by atoms with van der Waals surface area (Å²) in [4.78, 5) is 0. The first-order valence-corrected chi connectivity index (χ1v) is 6.79. The molecule has 0 aliphatic heterocycles. The molecule has 2 rings (SSSR count). The Morgan fingerprint density at radius 1 is 1.24 bits per heavy atom. The number of rotatable bonds is 2. The fraction of sp³-hybridized carbons (Fsp3) is 0.625. The Morgan fingerprint density at radius 2 is 1.88 bits per heavy atom. The first-order chi connectivity index (χ1) is 8.01. The summed E-state index contributed by atoms with van der Waals surface area (Å²) in [6.07, 6.45) is 4.18. The summed E-state index contributed by atoms with van der Waals surface area (Å²) in [6.45, 7) is 6.58. The molecule has 0 aromatic heterocycles. The van der Waals surface area contributed by atoms with Crippen LogP contribution >= 0.6 is 0 Å². The van der Waals surface area contributed by atoms with E-state index in [-0.39, 0.29) is 0 Å². The van der Waals surface area contributed by atoms with Crippen molar-refractivity contribution in [1.82, 2.24) is 0 Å². The Labute approximate surface area is 105 Å². The van der Waals surface area contributed by atoms with E-state index in [1.54, 1.807) is 0 Å². The van der Waals surface area contributed by atoms with Gasteiger partial charge >= 0.3 is 0 Å². The van der Waals surface area contributed by atoms with Gasteiger partial charge in [0.25, 0.3) is 0 Å². The van der Waals surface area contributed by atoms with Crippen LogP contribution in [0, 0.1) is 18.8 Å². The van der Waals surface area contributed by atoms with Crippen LogP contribution in [0.3, 0.4) is 0 Å². The molecule has 1 aliphatic carbocycles. The quantitative estimate of drug-likeness (QED) is 0.824. The van der Waals surface area contributed by atoms with Crippen LogP contribution in [0.2, 0.25) is 0 Å². The molecule has 1 saturated carbocycles. The lowest BCUT2D eigenvalue weighted by Crippen LogP contribution is -2.44. The zero-order valence-corrected chi connectivity index (χ0v) is 11.2. The van der Waals surface area contributed by atoms with E-state index in [1.165, 1.54) is 17.5 Å². The molecule has 0 radical (unpaired) electrons. The Balaban J connectivity index is 2.13. The van der Waals surface area contributed by atoms with E-state index < -0.39 is 5.60 Å². The zero-order valence-electron chi connectivity index (χ0n) is 11.2. The lowest BCUT2D eigenvalue weighted by molar-refractivity contribution is -0.0620. The van der Waals surface area contributed by atoms with Crippen molar-refractivity contribution in [3.05, 3.63) is 35.4 Å². The predicted octanol–water partition coefficient (Wildman–Crippen LogP) is 3.72. The van der Waals surface area contributed by atoms with Gasteiger partial charge in [-0.3, -0.25) is 0 Å². The summed E-state index contributed by atoms with van der Waals surface area (Å²) in [6, 6.07) is 8.57. The number of benzene rings is 1. The van der Waals surface area contributed by atoms with Gasteiger partial charge in [0, 0.05) is 6.42 Å². The second-order valence-electron chi connectivity index (χ2n) is 5.92. The molecule has 1 aromatic rings. The van der Waals surface area contributed by atoms with E-state index in [0.29, 0.717) is 11.8 Å². The van der Waals surface area contributed by atoms with Gasteiger partial charge in [0.1, 0.15) is 0 Å². The fourth-order valence-electron chi connectivity index (χ4n) is 3.05. The second-order valence-corrected chi connectivity index (χ2v) is 5.92. The minimum Gasteiger partial charge on any atom is -0.389 e. The molecule has 3 atom stereocenters. The summed E-state index contributed by atoms with van der Waals surface area (Å²) < 4.78 is 0. The highest BCUT2D eigenvalue weighted by molar-refractivity contribution is 5.23. The van der Waals surface area contributed by atoms with Crippen LogP contribution in [0.15, 0.2) is 24.3 Å². The van der Waals surface area contributed by atoms with E-state index in [0.717, 1.165) is 19.3 Å². The van der Waals surface area contributed by atoms with E-state index in [9.17, 15) is 5.11 Å². The van der Waals surface area contributed by atoms with Crippen LogP contribution in [0.5, 0.6) is 0 Å². The lowest BCUT2D eigenvalue weighted by atomic mass is 9.68. The van der Waals surface area contributed by atoms with Gasteiger partial charge in [-0.2, -0.15) is 0 Å². The van der Waals surface area contributed by atoms with E-state index in [2.05, 4.69) is 45.0 Å². The van der Waals surface area contributed by atoms with Crippen molar-refractivity contribution >= 4 is 0 Å². The van der Waals surface area contributed by atoms with Gasteiger partial charge in [0.15, 0.2) is 0 Å². The molecular formula is C16H24O. The zero-order chi connectivity index (χ0) is 12.5. The normalized spacial score (nSPS) is 33.6. The Hall–Kier alpha value is -0.820. The number of hydrogen-bond donors (Lipinski definition) is 1. The van der Waals surface area contributed by atoms with Crippen molar-refractivity contribution in [1.29, 1.82) is 0 Å². The molecule has 0 bridgehead atoms. The summed E-state index contributed by atoms with van der Waals surface area (Å²) in [5.74, 6) is 1.04. The van der Waals surface area contributed by atoms with Crippen molar-refractivity contribution in [2.75, 3.05) is 0 Å². The molecular weight excluding hydrogens is 208 g/mol. The highest BCUT2D eigenvalue weighted by Gasteiger charge is 2.39. The molecule has 94 valence electrons. The van der Waals surface area contributed by atoms with Crippen LogP contribution in [0.4, 0.5) is 0 Å². The number of hydrogen-bond acceptors (Lipinski definition) is 1. The van der Waals surface area contributed by atoms with Crippen LogP contribution in [0.25, 0.3) is 0 Å². The van der Waals surface area contributed by atoms with Gasteiger partial charge in [0.05, 0.1) is 5.60 Å². The number of aryl methyl sites for hydroxylation is 1. The maximum absolute atomic E-state index is 10.8. The maximum Gasteiger partial charge on any atom is 0.0715 e. The van der Waals surface area contributed by atoms with E-state index in [1.807, 2.05) is 0 Å². The molecule has 1 N–H and O–H groups in total. The van der Waals surface area contributed by atoms with Crippen LogP contribution < -0.4 is 0 Å². The van der Waals surface area contributed by atoms with Crippen LogP contribution in [-0.4, -0.2) is 10.7 Å². The molecule has 0 heterocycles. The van der Waals surface area contributed by atoms with Crippen molar-refractivity contribution < 1.29 is 5.11 Å². The highest BCUT2D eigenvalue weighted by Crippen LogP contribution is 2.39. The molecule has 0 amide bonds. The SMILES string of the molecule is Cc1ccc(CC2(O)CCCC(C)C2C)cc1. The summed E-state index contributed by atoms with van der Waals surface area (Å²) >= 11 is 0. The van der Waals surface area contributed by atoms with Gasteiger partial charge < -0.3 is 5.11 Å². The fourth-order valence-corrected chi connectivity index (χ4v) is 3.05. The Morgan fingerprint density at radius 3 is 2.53 bits per heavy atom. The molecule has 1 aliphatic rings. The van der Waals surface area contributed by atoms with Crippen molar-refractivity contribution in [3.63, 3.8) is 0 Å². The van der Waals surface area contributed by atoms with Gasteiger partial charge in [-0.05, 0) is 30.7 Å². The third-order valence-corrected chi connectivity index (χ3v) is 4.60. The topological polar surface area (TPSA) is 20.2 Å². The average molecular weight is 232 g/mol. The average Bonchev–Trinajstić information content (AvgIpc) is 2.29. The lowest BCUT2D eigenvalue weighted by Gasteiger charge is -2.42. The van der Waals surface area contributed by atoms with E-state index >= 15 is 0 Å². The highest BCUT2D eigenvalue weighted by atomic mass is 16.3. The molecule has 1 heteroatoms. The monoisotopic (exact) mass is 232 g/mol. The molecule has 17 heavy (non-hydrogen) atoms. The minimum absolute atomic E-state index is 0.401. The van der Waals surface area contributed by atoms with Crippen molar-refractivity contribution in [2.24, 2.45) is 11.8 Å². The van der Waals surface area contributed by atoms with Crippen molar-refractivity contribution in [3.8, 4) is 0 Å². The van der Waals surface area contributed by atoms with Crippen LogP contribution in [-0.2, 0) is 6.42 Å². The third-order valence-electron chi connectivity index (χ3n) is 4.60. The molecule has 1 aromatic carbocycles. The van der Waals surface area contributed by atoms with E-state index in [4.69, 9.17) is 0 Å². The van der Waals surface area contributed by atoms with Gasteiger partial charge in [0.2, 0.25) is 0 Å². The van der Waals surface area contributed by atoms with Gasteiger partial charge in [-0.25, -0.2) is 0 Å². The molecule has 1 nitrogen and oxygen atoms in total. The summed E-state index contributed by atoms with van der Waals surface area (Å²) in [5, 5.41) is 10.8. The first kappa shape index (κ1) is 12.6. The molecule has 0 spiro atoms. The van der Waals surface area contributed by atoms with Crippen molar-refractivity contribution in [2.45, 2.75) is 52.1 Å². The Bertz CT molecular complexity index is 368. The summed E-state index contributed by atoms with van der Waals surface area (Å²) in [7, 11) is 0. The van der Waals surface area contributed by atoms with Crippen LogP contribution in [0.1, 0.15) is 44.2 Å². The smallest absolute Gasteiger partial charge is 0.0715 e. The molecule has 0 saturated heterocycles. The number of aliphatic hydroxyl groups is 1. The molecule has 1 fully saturated rings. The minimum atomic E-state index is -0.493. The standard InChI is InChI=1S/C16H24O/c1-12-6-8-15(9-7-12)11-16(17)10-4-5-13(2)14(16)3/h6-9,13-14,17H,4-5,10-11H2,1-3H3. The maximum atomic E-state index is 10.8. The third kappa shape index (κ3) is 2.71.